The first-order chi connectivity index (χ1) is 10.0. The largest absolute Gasteiger partial charge is 0.309 e. The van der Waals surface area contributed by atoms with Crippen LogP contribution in [0.3, 0.4) is 0 Å². The van der Waals surface area contributed by atoms with E-state index in [4.69, 9.17) is 0 Å². The molecule has 0 radical (unpaired) electrons. The number of aromatic nitrogens is 3. The van der Waals surface area contributed by atoms with Crippen LogP contribution in [0.25, 0.3) is 11.3 Å². The summed E-state index contributed by atoms with van der Waals surface area (Å²) in [6, 6.07) is 4.04. The van der Waals surface area contributed by atoms with Crippen molar-refractivity contribution in [3.63, 3.8) is 0 Å². The van der Waals surface area contributed by atoms with Gasteiger partial charge in [0.25, 0.3) is 0 Å². The molecule has 1 aliphatic heterocycles. The van der Waals surface area contributed by atoms with Crippen LogP contribution in [0, 0.1) is 0 Å². The Balaban J connectivity index is 1.83. The Morgan fingerprint density at radius 1 is 1.29 bits per heavy atom. The Labute approximate surface area is 126 Å². The zero-order valence-corrected chi connectivity index (χ0v) is 13.0. The minimum absolute atomic E-state index is 0.178. The Hall–Kier alpha value is -1.72. The summed E-state index contributed by atoms with van der Waals surface area (Å²) >= 11 is 0. The van der Waals surface area contributed by atoms with E-state index < -0.39 is 0 Å². The summed E-state index contributed by atoms with van der Waals surface area (Å²) in [5.74, 6) is 0. The number of hydrogen-bond acceptors (Lipinski definition) is 4. The minimum Gasteiger partial charge on any atom is -0.309 e. The van der Waals surface area contributed by atoms with Crippen LogP contribution >= 0.6 is 0 Å². The summed E-state index contributed by atoms with van der Waals surface area (Å²) in [4.78, 5) is 6.59. The summed E-state index contributed by atoms with van der Waals surface area (Å²) in [7, 11) is 1.98. The fraction of sp³-hybridized carbons (Fsp3) is 0.500. The van der Waals surface area contributed by atoms with Crippen molar-refractivity contribution >= 4 is 0 Å². The third kappa shape index (κ3) is 3.31. The lowest BCUT2D eigenvalue weighted by Crippen LogP contribution is -2.56. The highest BCUT2D eigenvalue weighted by atomic mass is 15.3. The molecule has 5 nitrogen and oxygen atoms in total. The number of nitrogens with zero attached hydrogens (tertiary/aromatic N) is 4. The topological polar surface area (TPSA) is 46.0 Å². The van der Waals surface area contributed by atoms with E-state index in [-0.39, 0.29) is 5.54 Å². The summed E-state index contributed by atoms with van der Waals surface area (Å²) in [6.45, 7) is 8.62. The molecule has 1 aliphatic rings. The zero-order chi connectivity index (χ0) is 14.9. The lowest BCUT2D eigenvalue weighted by molar-refractivity contribution is 0.148. The van der Waals surface area contributed by atoms with E-state index in [0.717, 1.165) is 37.4 Å². The third-order valence-corrected chi connectivity index (χ3v) is 3.90. The van der Waals surface area contributed by atoms with Crippen LogP contribution in [-0.4, -0.2) is 44.8 Å². The molecular formula is C16H23N5. The summed E-state index contributed by atoms with van der Waals surface area (Å²) in [5, 5.41) is 8.18. The lowest BCUT2D eigenvalue weighted by Gasteiger charge is -2.39. The average molecular weight is 285 g/mol. The van der Waals surface area contributed by atoms with Crippen LogP contribution in [0.1, 0.15) is 19.4 Å². The molecule has 0 aromatic carbocycles. The summed E-state index contributed by atoms with van der Waals surface area (Å²) in [6.07, 6.45) is 5.77. The number of rotatable bonds is 3. The second-order valence-corrected chi connectivity index (χ2v) is 6.43. The minimum atomic E-state index is 0.178. The van der Waals surface area contributed by atoms with Gasteiger partial charge in [0.05, 0.1) is 5.69 Å². The molecule has 0 unspecified atom stereocenters. The number of hydrogen-bond donors (Lipinski definition) is 1. The van der Waals surface area contributed by atoms with Gasteiger partial charge in [-0.15, -0.1) is 0 Å². The molecule has 0 bridgehead atoms. The van der Waals surface area contributed by atoms with Gasteiger partial charge in [0.1, 0.15) is 0 Å². The fourth-order valence-electron chi connectivity index (χ4n) is 3.03. The molecule has 3 rings (SSSR count). The van der Waals surface area contributed by atoms with E-state index in [1.807, 2.05) is 36.3 Å². The Kier molecular flexibility index (Phi) is 3.78. The van der Waals surface area contributed by atoms with Crippen LogP contribution in [0.15, 0.2) is 30.7 Å². The molecule has 2 aromatic heterocycles. The van der Waals surface area contributed by atoms with E-state index in [2.05, 4.69) is 40.3 Å². The number of piperazine rings is 1. The van der Waals surface area contributed by atoms with Gasteiger partial charge in [0.2, 0.25) is 0 Å². The van der Waals surface area contributed by atoms with Gasteiger partial charge < -0.3 is 5.32 Å². The van der Waals surface area contributed by atoms with Crippen LogP contribution in [-0.2, 0) is 13.6 Å². The van der Waals surface area contributed by atoms with E-state index >= 15 is 0 Å². The van der Waals surface area contributed by atoms with Gasteiger partial charge >= 0.3 is 0 Å². The third-order valence-electron chi connectivity index (χ3n) is 3.90. The first-order valence-electron chi connectivity index (χ1n) is 7.44. The number of nitrogens with one attached hydrogen (secondary N) is 1. The molecule has 112 valence electrons. The Bertz CT molecular complexity index is 602. The Morgan fingerprint density at radius 3 is 2.76 bits per heavy atom. The summed E-state index contributed by atoms with van der Waals surface area (Å²) < 4.78 is 1.90. The highest BCUT2D eigenvalue weighted by molar-refractivity contribution is 5.61. The molecule has 5 heteroatoms. The molecule has 0 saturated carbocycles. The quantitative estimate of drug-likeness (QED) is 0.932. The van der Waals surface area contributed by atoms with Crippen LogP contribution in [0.2, 0.25) is 0 Å². The van der Waals surface area contributed by atoms with E-state index in [9.17, 15) is 0 Å². The fourth-order valence-corrected chi connectivity index (χ4v) is 3.03. The van der Waals surface area contributed by atoms with E-state index in [1.165, 1.54) is 5.56 Å². The van der Waals surface area contributed by atoms with Crippen molar-refractivity contribution in [3.8, 4) is 11.3 Å². The normalized spacial score (nSPS) is 18.8. The SMILES string of the molecule is Cn1cc(CN2CCNC(C)(C)C2)c(-c2ccncc2)n1. The number of aryl methyl sites for hydroxylation is 1. The van der Waals surface area contributed by atoms with Gasteiger partial charge in [-0.3, -0.25) is 14.6 Å². The van der Waals surface area contributed by atoms with Crippen LogP contribution in [0.5, 0.6) is 0 Å². The van der Waals surface area contributed by atoms with Crippen molar-refractivity contribution in [2.24, 2.45) is 7.05 Å². The van der Waals surface area contributed by atoms with Crippen molar-refractivity contribution in [1.82, 2.24) is 25.0 Å². The second-order valence-electron chi connectivity index (χ2n) is 6.43. The van der Waals surface area contributed by atoms with E-state index in [1.54, 1.807) is 0 Å². The predicted molar refractivity (Wildman–Crippen MR) is 83.8 cm³/mol. The molecule has 0 spiro atoms. The average Bonchev–Trinajstić information content (AvgIpc) is 2.79. The second kappa shape index (κ2) is 5.58. The van der Waals surface area contributed by atoms with Crippen molar-refractivity contribution in [3.05, 3.63) is 36.3 Å². The zero-order valence-electron chi connectivity index (χ0n) is 13.0. The highest BCUT2D eigenvalue weighted by Gasteiger charge is 2.26. The molecular weight excluding hydrogens is 262 g/mol. The standard InChI is InChI=1S/C16H23N5/c1-16(2)12-21(9-8-18-16)11-14-10-20(3)19-15(14)13-4-6-17-7-5-13/h4-7,10,18H,8-9,11-12H2,1-3H3. The number of pyridine rings is 1. The molecule has 0 atom stereocenters. The van der Waals surface area contributed by atoms with Gasteiger partial charge in [-0.25, -0.2) is 0 Å². The Morgan fingerprint density at radius 2 is 2.05 bits per heavy atom. The molecule has 3 heterocycles. The van der Waals surface area contributed by atoms with Crippen LogP contribution < -0.4 is 5.32 Å². The smallest absolute Gasteiger partial charge is 0.0969 e. The van der Waals surface area contributed by atoms with Gasteiger partial charge in [0.15, 0.2) is 0 Å². The van der Waals surface area contributed by atoms with Crippen molar-refractivity contribution in [2.75, 3.05) is 19.6 Å². The van der Waals surface area contributed by atoms with Gasteiger partial charge in [-0.1, -0.05) is 0 Å². The van der Waals surface area contributed by atoms with Crippen molar-refractivity contribution in [1.29, 1.82) is 0 Å². The van der Waals surface area contributed by atoms with E-state index in [0.29, 0.717) is 0 Å². The summed E-state index contributed by atoms with van der Waals surface area (Å²) in [5.41, 5.74) is 3.66. The van der Waals surface area contributed by atoms with Gasteiger partial charge in [-0.2, -0.15) is 5.10 Å². The lowest BCUT2D eigenvalue weighted by atomic mass is 10.0. The predicted octanol–water partition coefficient (Wildman–Crippen LogP) is 1.67. The molecule has 0 aliphatic carbocycles. The van der Waals surface area contributed by atoms with Crippen molar-refractivity contribution < 1.29 is 0 Å². The van der Waals surface area contributed by atoms with Gasteiger partial charge in [0, 0.05) is 68.5 Å². The maximum atomic E-state index is 4.63. The maximum absolute atomic E-state index is 4.63. The molecule has 1 saturated heterocycles. The highest BCUT2D eigenvalue weighted by Crippen LogP contribution is 2.23. The first kappa shape index (κ1) is 14.2. The van der Waals surface area contributed by atoms with Gasteiger partial charge in [-0.05, 0) is 26.0 Å². The molecule has 2 aromatic rings. The molecule has 0 amide bonds. The molecule has 21 heavy (non-hydrogen) atoms. The molecule has 1 N–H and O–H groups in total. The van der Waals surface area contributed by atoms with Crippen molar-refractivity contribution in [2.45, 2.75) is 25.9 Å². The monoisotopic (exact) mass is 285 g/mol. The first-order valence-corrected chi connectivity index (χ1v) is 7.44. The molecule has 1 fully saturated rings. The van der Waals surface area contributed by atoms with Crippen LogP contribution in [0.4, 0.5) is 0 Å². The maximum Gasteiger partial charge on any atom is 0.0969 e.